The molecule has 2 heterocycles. The topological polar surface area (TPSA) is 69.6 Å². The Morgan fingerprint density at radius 1 is 1.26 bits per heavy atom. The summed E-state index contributed by atoms with van der Waals surface area (Å²) in [5, 5.41) is 4.40. The highest BCUT2D eigenvalue weighted by molar-refractivity contribution is 9.10. The van der Waals surface area contributed by atoms with Crippen molar-refractivity contribution in [3.05, 3.63) is 21.6 Å². The van der Waals surface area contributed by atoms with Crippen molar-refractivity contribution in [3.63, 3.8) is 0 Å². The van der Waals surface area contributed by atoms with E-state index in [4.69, 9.17) is 5.73 Å². The second-order valence-electron chi connectivity index (χ2n) is 4.61. The first-order valence-electron chi connectivity index (χ1n) is 6.28. The van der Waals surface area contributed by atoms with Crippen LogP contribution in [0.3, 0.4) is 0 Å². The van der Waals surface area contributed by atoms with Crippen LogP contribution in [0.15, 0.2) is 4.47 Å². The van der Waals surface area contributed by atoms with Crippen LogP contribution in [0.5, 0.6) is 0 Å². The molecule has 0 fully saturated rings. The van der Waals surface area contributed by atoms with Gasteiger partial charge in [-0.2, -0.15) is 5.10 Å². The first-order valence-corrected chi connectivity index (χ1v) is 7.07. The lowest BCUT2D eigenvalue weighted by Crippen LogP contribution is -2.04. The quantitative estimate of drug-likeness (QED) is 0.942. The molecule has 0 aliphatic heterocycles. The number of hydrogen-bond acceptors (Lipinski definition) is 4. The first-order chi connectivity index (χ1) is 8.95. The minimum atomic E-state index is 0.483. The Bertz CT molecular complexity index is 618. The fourth-order valence-electron chi connectivity index (χ4n) is 2.12. The minimum Gasteiger partial charge on any atom is -0.383 e. The molecular formula is C13H18BrN5. The van der Waals surface area contributed by atoms with Gasteiger partial charge in [-0.3, -0.25) is 4.68 Å². The summed E-state index contributed by atoms with van der Waals surface area (Å²) >= 11 is 3.46. The van der Waals surface area contributed by atoms with Gasteiger partial charge in [0, 0.05) is 12.7 Å². The predicted octanol–water partition coefficient (Wildman–Crippen LogP) is 2.79. The molecule has 0 atom stereocenters. The normalized spacial score (nSPS) is 11.0. The standard InChI is InChI=1S/C13H18BrN5/c1-5-6-9-11(14)12(15)17-13(16-9)10-7(2)18-19(4)8(10)3/h5-6H2,1-4H3,(H2,15,16,17). The molecule has 0 aliphatic carbocycles. The SMILES string of the molecule is CCCc1nc(-c2c(C)nn(C)c2C)nc(N)c1Br. The maximum Gasteiger partial charge on any atom is 0.165 e. The van der Waals surface area contributed by atoms with Gasteiger partial charge in [-0.1, -0.05) is 13.3 Å². The second-order valence-corrected chi connectivity index (χ2v) is 5.41. The molecule has 0 saturated heterocycles. The van der Waals surface area contributed by atoms with E-state index in [-0.39, 0.29) is 0 Å². The van der Waals surface area contributed by atoms with Crippen molar-refractivity contribution in [1.82, 2.24) is 19.7 Å². The largest absolute Gasteiger partial charge is 0.383 e. The summed E-state index contributed by atoms with van der Waals surface area (Å²) in [7, 11) is 1.92. The van der Waals surface area contributed by atoms with Crippen LogP contribution in [0, 0.1) is 13.8 Å². The molecule has 2 aromatic heterocycles. The third kappa shape index (κ3) is 2.49. The Hall–Kier alpha value is -1.43. The number of nitrogens with zero attached hydrogens (tertiary/aromatic N) is 4. The smallest absolute Gasteiger partial charge is 0.165 e. The highest BCUT2D eigenvalue weighted by Crippen LogP contribution is 2.29. The van der Waals surface area contributed by atoms with Crippen molar-refractivity contribution in [1.29, 1.82) is 0 Å². The Labute approximate surface area is 121 Å². The Morgan fingerprint density at radius 2 is 1.95 bits per heavy atom. The molecule has 0 spiro atoms. The third-order valence-corrected chi connectivity index (χ3v) is 4.03. The Morgan fingerprint density at radius 3 is 2.47 bits per heavy atom. The number of halogens is 1. The second kappa shape index (κ2) is 5.28. The summed E-state index contributed by atoms with van der Waals surface area (Å²) in [6.45, 7) is 6.09. The fraction of sp³-hybridized carbons (Fsp3) is 0.462. The van der Waals surface area contributed by atoms with E-state index in [2.05, 4.69) is 37.9 Å². The average Bonchev–Trinajstić information content (AvgIpc) is 2.59. The van der Waals surface area contributed by atoms with Crippen LogP contribution in [-0.2, 0) is 13.5 Å². The van der Waals surface area contributed by atoms with Gasteiger partial charge in [-0.05, 0) is 36.2 Å². The van der Waals surface area contributed by atoms with Gasteiger partial charge in [0.1, 0.15) is 5.82 Å². The molecule has 0 radical (unpaired) electrons. The molecule has 102 valence electrons. The maximum absolute atomic E-state index is 5.97. The zero-order chi connectivity index (χ0) is 14.2. The van der Waals surface area contributed by atoms with E-state index in [0.717, 1.165) is 40.0 Å². The minimum absolute atomic E-state index is 0.483. The van der Waals surface area contributed by atoms with Crippen LogP contribution < -0.4 is 5.73 Å². The predicted molar refractivity (Wildman–Crippen MR) is 79.8 cm³/mol. The van der Waals surface area contributed by atoms with Crippen LogP contribution in [-0.4, -0.2) is 19.7 Å². The summed E-state index contributed by atoms with van der Waals surface area (Å²) in [5.41, 5.74) is 9.86. The number of anilines is 1. The van der Waals surface area contributed by atoms with Crippen LogP contribution in [0.1, 0.15) is 30.4 Å². The first kappa shape index (κ1) is 14.0. The van der Waals surface area contributed by atoms with Crippen molar-refractivity contribution in [2.75, 3.05) is 5.73 Å². The lowest BCUT2D eigenvalue weighted by molar-refractivity contribution is 0.731. The lowest BCUT2D eigenvalue weighted by atomic mass is 10.1. The number of nitrogen functional groups attached to an aromatic ring is 1. The van der Waals surface area contributed by atoms with Gasteiger partial charge in [-0.25, -0.2) is 9.97 Å². The number of aromatic nitrogens is 4. The average molecular weight is 324 g/mol. The molecule has 0 aromatic carbocycles. The monoisotopic (exact) mass is 323 g/mol. The summed E-state index contributed by atoms with van der Waals surface area (Å²) < 4.78 is 2.64. The molecular weight excluding hydrogens is 306 g/mol. The van der Waals surface area contributed by atoms with Crippen molar-refractivity contribution in [2.45, 2.75) is 33.6 Å². The van der Waals surface area contributed by atoms with Gasteiger partial charge in [0.2, 0.25) is 0 Å². The molecule has 0 amide bonds. The van der Waals surface area contributed by atoms with Crippen LogP contribution in [0.4, 0.5) is 5.82 Å². The molecule has 2 N–H and O–H groups in total. The Kier molecular flexibility index (Phi) is 3.89. The van der Waals surface area contributed by atoms with Gasteiger partial charge < -0.3 is 5.73 Å². The summed E-state index contributed by atoms with van der Waals surface area (Å²) in [6.07, 6.45) is 1.89. The number of hydrogen-bond donors (Lipinski definition) is 1. The fourth-order valence-corrected chi connectivity index (χ4v) is 2.50. The zero-order valence-electron chi connectivity index (χ0n) is 11.7. The van der Waals surface area contributed by atoms with Gasteiger partial charge >= 0.3 is 0 Å². The van der Waals surface area contributed by atoms with Crippen molar-refractivity contribution < 1.29 is 0 Å². The molecule has 19 heavy (non-hydrogen) atoms. The third-order valence-electron chi connectivity index (χ3n) is 3.16. The van der Waals surface area contributed by atoms with E-state index in [1.165, 1.54) is 0 Å². The highest BCUT2D eigenvalue weighted by atomic mass is 79.9. The summed E-state index contributed by atoms with van der Waals surface area (Å²) in [4.78, 5) is 9.02. The van der Waals surface area contributed by atoms with Gasteiger partial charge in [0.25, 0.3) is 0 Å². The van der Waals surface area contributed by atoms with Gasteiger partial charge in [-0.15, -0.1) is 0 Å². The summed E-state index contributed by atoms with van der Waals surface area (Å²) in [5.74, 6) is 1.14. The van der Waals surface area contributed by atoms with E-state index >= 15 is 0 Å². The lowest BCUT2D eigenvalue weighted by Gasteiger charge is -2.08. The van der Waals surface area contributed by atoms with E-state index in [1.54, 1.807) is 0 Å². The van der Waals surface area contributed by atoms with Crippen LogP contribution in [0.2, 0.25) is 0 Å². The molecule has 0 unspecified atom stereocenters. The van der Waals surface area contributed by atoms with E-state index in [9.17, 15) is 0 Å². The molecule has 6 heteroatoms. The van der Waals surface area contributed by atoms with E-state index < -0.39 is 0 Å². The highest BCUT2D eigenvalue weighted by Gasteiger charge is 2.17. The van der Waals surface area contributed by atoms with Gasteiger partial charge in [0.05, 0.1) is 21.4 Å². The van der Waals surface area contributed by atoms with Crippen LogP contribution >= 0.6 is 15.9 Å². The molecule has 2 rings (SSSR count). The number of nitrogens with two attached hydrogens (primary N) is 1. The molecule has 0 saturated carbocycles. The number of rotatable bonds is 3. The van der Waals surface area contributed by atoms with Crippen molar-refractivity contribution >= 4 is 21.7 Å². The zero-order valence-corrected chi connectivity index (χ0v) is 13.2. The van der Waals surface area contributed by atoms with Crippen molar-refractivity contribution in [2.24, 2.45) is 7.05 Å². The molecule has 0 bridgehead atoms. The van der Waals surface area contributed by atoms with E-state index in [1.807, 2.05) is 25.6 Å². The summed E-state index contributed by atoms with van der Waals surface area (Å²) in [6, 6.07) is 0. The van der Waals surface area contributed by atoms with Crippen molar-refractivity contribution in [3.8, 4) is 11.4 Å². The van der Waals surface area contributed by atoms with Crippen LogP contribution in [0.25, 0.3) is 11.4 Å². The van der Waals surface area contributed by atoms with E-state index in [0.29, 0.717) is 11.6 Å². The molecule has 0 aliphatic rings. The maximum atomic E-state index is 5.97. The Balaban J connectivity index is 2.62. The van der Waals surface area contributed by atoms with Gasteiger partial charge in [0.15, 0.2) is 5.82 Å². The molecule has 2 aromatic rings. The molecule has 5 nitrogen and oxygen atoms in total. The number of aryl methyl sites for hydroxylation is 3.